The molecule has 1 saturated carbocycles. The Morgan fingerprint density at radius 1 is 1.24 bits per heavy atom. The number of likely N-dealkylation sites (tertiary alicyclic amines) is 1. The van der Waals surface area contributed by atoms with Crippen LogP contribution in [-0.2, 0) is 4.79 Å². The molecule has 4 heteroatoms. The van der Waals surface area contributed by atoms with Gasteiger partial charge in [-0.25, -0.2) is 0 Å². The van der Waals surface area contributed by atoms with Crippen molar-refractivity contribution in [2.24, 2.45) is 5.92 Å². The summed E-state index contributed by atoms with van der Waals surface area (Å²) < 4.78 is 0. The predicted molar refractivity (Wildman–Crippen MR) is 85.1 cm³/mol. The van der Waals surface area contributed by atoms with Gasteiger partial charge in [0.05, 0.1) is 6.10 Å². The van der Waals surface area contributed by atoms with Crippen LogP contribution in [-0.4, -0.2) is 47.2 Å². The third kappa shape index (κ3) is 4.96. The van der Waals surface area contributed by atoms with E-state index in [2.05, 4.69) is 5.32 Å². The van der Waals surface area contributed by atoms with E-state index in [4.69, 9.17) is 0 Å². The number of piperidine rings is 1. The maximum absolute atomic E-state index is 12.1. The molecule has 3 unspecified atom stereocenters. The highest BCUT2D eigenvalue weighted by Gasteiger charge is 2.31. The van der Waals surface area contributed by atoms with Crippen molar-refractivity contribution in [1.82, 2.24) is 10.2 Å². The number of carbonyl (C=O) groups excluding carboxylic acids is 1. The van der Waals surface area contributed by atoms with E-state index in [0.717, 1.165) is 32.4 Å². The van der Waals surface area contributed by atoms with E-state index in [1.165, 1.54) is 25.7 Å². The zero-order valence-electron chi connectivity index (χ0n) is 13.7. The molecule has 3 atom stereocenters. The molecule has 1 amide bonds. The van der Waals surface area contributed by atoms with E-state index in [0.29, 0.717) is 24.4 Å². The zero-order valence-corrected chi connectivity index (χ0v) is 13.7. The fourth-order valence-electron chi connectivity index (χ4n) is 3.90. The molecule has 1 saturated heterocycles. The number of aliphatic hydroxyl groups is 1. The quantitative estimate of drug-likeness (QED) is 0.791. The van der Waals surface area contributed by atoms with Crippen LogP contribution >= 0.6 is 0 Å². The first kappa shape index (κ1) is 16.8. The maximum Gasteiger partial charge on any atom is 0.222 e. The maximum atomic E-state index is 12.1. The van der Waals surface area contributed by atoms with Crippen LogP contribution in [0.25, 0.3) is 0 Å². The van der Waals surface area contributed by atoms with Crippen molar-refractivity contribution in [1.29, 1.82) is 0 Å². The number of nitrogens with one attached hydrogen (secondary N) is 1. The highest BCUT2D eigenvalue weighted by Crippen LogP contribution is 2.25. The third-order valence-electron chi connectivity index (χ3n) is 5.10. The molecule has 1 aliphatic heterocycles. The minimum absolute atomic E-state index is 0.223. The van der Waals surface area contributed by atoms with Crippen LogP contribution in [0.1, 0.15) is 65.2 Å². The van der Waals surface area contributed by atoms with E-state index in [1.807, 2.05) is 18.7 Å². The van der Waals surface area contributed by atoms with E-state index >= 15 is 0 Å². The normalized spacial score (nSPS) is 28.8. The second-order valence-electron chi connectivity index (χ2n) is 6.90. The van der Waals surface area contributed by atoms with Crippen molar-refractivity contribution >= 4 is 5.91 Å². The molecular formula is C17H32N2O2. The van der Waals surface area contributed by atoms with Gasteiger partial charge in [-0.1, -0.05) is 26.7 Å². The number of rotatable bonds is 6. The Labute approximate surface area is 129 Å². The summed E-state index contributed by atoms with van der Waals surface area (Å²) in [5.74, 6) is 0.687. The topological polar surface area (TPSA) is 52.6 Å². The van der Waals surface area contributed by atoms with Gasteiger partial charge in [-0.2, -0.15) is 0 Å². The summed E-state index contributed by atoms with van der Waals surface area (Å²) in [4.78, 5) is 14.1. The van der Waals surface area contributed by atoms with E-state index in [9.17, 15) is 9.90 Å². The van der Waals surface area contributed by atoms with Crippen LogP contribution in [0.5, 0.6) is 0 Å². The molecule has 0 aromatic rings. The minimum Gasteiger partial charge on any atom is -0.393 e. The summed E-state index contributed by atoms with van der Waals surface area (Å²) in [5, 5.41) is 13.7. The van der Waals surface area contributed by atoms with Gasteiger partial charge >= 0.3 is 0 Å². The van der Waals surface area contributed by atoms with Gasteiger partial charge in [0, 0.05) is 31.6 Å². The highest BCUT2D eigenvalue weighted by atomic mass is 16.3. The first-order valence-corrected chi connectivity index (χ1v) is 8.84. The van der Waals surface area contributed by atoms with Gasteiger partial charge in [-0.05, 0) is 38.0 Å². The monoisotopic (exact) mass is 296 g/mol. The molecular weight excluding hydrogens is 264 g/mol. The number of amides is 1. The summed E-state index contributed by atoms with van der Waals surface area (Å²) in [6, 6.07) is 1.05. The van der Waals surface area contributed by atoms with Gasteiger partial charge < -0.3 is 15.3 Å². The van der Waals surface area contributed by atoms with Crippen molar-refractivity contribution in [2.45, 2.75) is 83.4 Å². The Morgan fingerprint density at radius 3 is 2.57 bits per heavy atom. The van der Waals surface area contributed by atoms with Crippen LogP contribution in [0.4, 0.5) is 0 Å². The summed E-state index contributed by atoms with van der Waals surface area (Å²) in [7, 11) is 0. The molecule has 122 valence electrons. The van der Waals surface area contributed by atoms with E-state index < -0.39 is 0 Å². The first-order chi connectivity index (χ1) is 10.1. The van der Waals surface area contributed by atoms with Crippen molar-refractivity contribution in [2.75, 3.05) is 13.1 Å². The lowest BCUT2D eigenvalue weighted by Crippen LogP contribution is -2.53. The van der Waals surface area contributed by atoms with Crippen LogP contribution in [0.15, 0.2) is 0 Å². The molecule has 21 heavy (non-hydrogen) atoms. The lowest BCUT2D eigenvalue weighted by Gasteiger charge is -2.40. The predicted octanol–water partition coefficient (Wildman–Crippen LogP) is 2.31. The molecule has 0 aromatic carbocycles. The lowest BCUT2D eigenvalue weighted by atomic mass is 9.88. The molecule has 2 aliphatic rings. The number of nitrogens with zero attached hydrogens (tertiary/aromatic N) is 1. The molecule has 2 N–H and O–H groups in total. The Bertz CT molecular complexity index is 329. The van der Waals surface area contributed by atoms with Crippen LogP contribution in [0, 0.1) is 5.92 Å². The summed E-state index contributed by atoms with van der Waals surface area (Å²) in [6.07, 6.45) is 8.31. The van der Waals surface area contributed by atoms with Crippen molar-refractivity contribution in [3.05, 3.63) is 0 Å². The average molecular weight is 296 g/mol. The number of hydrogen-bond donors (Lipinski definition) is 2. The molecule has 0 bridgehead atoms. The van der Waals surface area contributed by atoms with Gasteiger partial charge in [0.15, 0.2) is 0 Å². The number of aliphatic hydroxyl groups excluding tert-OH is 1. The van der Waals surface area contributed by atoms with Gasteiger partial charge in [0.25, 0.3) is 0 Å². The lowest BCUT2D eigenvalue weighted by molar-refractivity contribution is -0.133. The SMILES string of the molecule is CCC(=O)N1CC(CC(O)CC)CC(NC2CCCC2)C1. The van der Waals surface area contributed by atoms with Gasteiger partial charge in [-0.3, -0.25) is 4.79 Å². The standard InChI is InChI=1S/C17H32N2O2/c1-3-16(20)10-13-9-15(18-14-7-5-6-8-14)12-19(11-13)17(21)4-2/h13-16,18,20H,3-12H2,1-2H3. The van der Waals surface area contributed by atoms with Gasteiger partial charge in [0.2, 0.25) is 5.91 Å². The summed E-state index contributed by atoms with van der Waals surface area (Å²) >= 11 is 0. The largest absolute Gasteiger partial charge is 0.393 e. The number of carbonyl (C=O) groups is 1. The highest BCUT2D eigenvalue weighted by molar-refractivity contribution is 5.76. The third-order valence-corrected chi connectivity index (χ3v) is 5.10. The van der Waals surface area contributed by atoms with Gasteiger partial charge in [0.1, 0.15) is 0 Å². The van der Waals surface area contributed by atoms with Gasteiger partial charge in [-0.15, -0.1) is 0 Å². The molecule has 0 aromatic heterocycles. The Kier molecular flexibility index (Phi) is 6.49. The van der Waals surface area contributed by atoms with Crippen molar-refractivity contribution in [3.63, 3.8) is 0 Å². The molecule has 2 rings (SSSR count). The van der Waals surface area contributed by atoms with Crippen LogP contribution in [0.2, 0.25) is 0 Å². The fourth-order valence-corrected chi connectivity index (χ4v) is 3.90. The second-order valence-corrected chi connectivity index (χ2v) is 6.90. The Hall–Kier alpha value is -0.610. The minimum atomic E-state index is -0.223. The smallest absolute Gasteiger partial charge is 0.222 e. The molecule has 2 fully saturated rings. The summed E-state index contributed by atoms with van der Waals surface area (Å²) in [6.45, 7) is 5.64. The molecule has 1 heterocycles. The molecule has 4 nitrogen and oxygen atoms in total. The van der Waals surface area contributed by atoms with Crippen LogP contribution < -0.4 is 5.32 Å². The zero-order chi connectivity index (χ0) is 15.2. The molecule has 0 radical (unpaired) electrons. The Balaban J connectivity index is 1.93. The average Bonchev–Trinajstić information content (AvgIpc) is 2.98. The fraction of sp³-hybridized carbons (Fsp3) is 0.941. The van der Waals surface area contributed by atoms with E-state index in [-0.39, 0.29) is 12.0 Å². The van der Waals surface area contributed by atoms with Crippen molar-refractivity contribution < 1.29 is 9.90 Å². The summed E-state index contributed by atoms with van der Waals surface area (Å²) in [5.41, 5.74) is 0. The Morgan fingerprint density at radius 2 is 1.95 bits per heavy atom. The number of hydrogen-bond acceptors (Lipinski definition) is 3. The van der Waals surface area contributed by atoms with Crippen LogP contribution in [0.3, 0.4) is 0 Å². The molecule has 0 spiro atoms. The first-order valence-electron chi connectivity index (χ1n) is 8.84. The van der Waals surface area contributed by atoms with Crippen molar-refractivity contribution in [3.8, 4) is 0 Å². The second kappa shape index (κ2) is 8.14. The van der Waals surface area contributed by atoms with E-state index in [1.54, 1.807) is 0 Å². The molecule has 1 aliphatic carbocycles.